The zero-order valence-electron chi connectivity index (χ0n) is 12.4. The lowest BCUT2D eigenvalue weighted by molar-refractivity contribution is 0.102. The number of nitrogens with one attached hydrogen (secondary N) is 1. The van der Waals surface area contributed by atoms with E-state index in [4.69, 9.17) is 16.3 Å². The summed E-state index contributed by atoms with van der Waals surface area (Å²) >= 11 is 7.18. The molecule has 1 heterocycles. The number of amides is 1. The fraction of sp³-hybridized carbons (Fsp3) is 0.125. The number of nitrogens with zero attached hydrogens (tertiary/aromatic N) is 1. The number of methoxy groups -OCH3 is 1. The molecular formula is C16H13ClN2O3S. The van der Waals surface area contributed by atoms with Crippen molar-refractivity contribution in [3.05, 3.63) is 56.7 Å². The topological polar surface area (TPSA) is 60.3 Å². The van der Waals surface area contributed by atoms with Gasteiger partial charge >= 0.3 is 4.87 Å². The van der Waals surface area contributed by atoms with Gasteiger partial charge in [-0.25, -0.2) is 0 Å². The number of anilines is 1. The highest BCUT2D eigenvalue weighted by molar-refractivity contribution is 7.16. The van der Waals surface area contributed by atoms with E-state index < -0.39 is 0 Å². The highest BCUT2D eigenvalue weighted by Gasteiger charge is 2.11. The molecule has 3 rings (SSSR count). The van der Waals surface area contributed by atoms with E-state index in [-0.39, 0.29) is 10.8 Å². The van der Waals surface area contributed by atoms with Crippen molar-refractivity contribution in [3.8, 4) is 5.75 Å². The highest BCUT2D eigenvalue weighted by Crippen LogP contribution is 2.26. The molecule has 7 heteroatoms. The molecular weight excluding hydrogens is 336 g/mol. The first-order valence-corrected chi connectivity index (χ1v) is 7.93. The summed E-state index contributed by atoms with van der Waals surface area (Å²) in [6, 6.07) is 10.2. The molecule has 3 aromatic rings. The number of carbonyl (C=O) groups is 1. The van der Waals surface area contributed by atoms with Crippen LogP contribution in [0.4, 0.5) is 5.69 Å². The number of fused-ring (bicyclic) bond motifs is 1. The van der Waals surface area contributed by atoms with Crippen molar-refractivity contribution in [1.29, 1.82) is 0 Å². The minimum atomic E-state index is -0.280. The molecule has 1 N–H and O–H groups in total. The van der Waals surface area contributed by atoms with E-state index in [1.165, 1.54) is 7.11 Å². The van der Waals surface area contributed by atoms with Gasteiger partial charge in [0.15, 0.2) is 0 Å². The van der Waals surface area contributed by atoms with Crippen LogP contribution in [-0.2, 0) is 7.05 Å². The number of ether oxygens (including phenoxy) is 1. The van der Waals surface area contributed by atoms with E-state index in [1.807, 2.05) is 6.07 Å². The molecule has 0 fully saturated rings. The second-order valence-corrected chi connectivity index (χ2v) is 6.31. The summed E-state index contributed by atoms with van der Waals surface area (Å²) in [7, 11) is 3.24. The summed E-state index contributed by atoms with van der Waals surface area (Å²) < 4.78 is 7.47. The molecule has 1 amide bonds. The quantitative estimate of drug-likeness (QED) is 0.787. The fourth-order valence-corrected chi connectivity index (χ4v) is 3.40. The van der Waals surface area contributed by atoms with Crippen molar-refractivity contribution in [2.45, 2.75) is 0 Å². The van der Waals surface area contributed by atoms with Gasteiger partial charge < -0.3 is 14.6 Å². The first-order valence-electron chi connectivity index (χ1n) is 6.74. The smallest absolute Gasteiger partial charge is 0.307 e. The van der Waals surface area contributed by atoms with Crippen molar-refractivity contribution >= 4 is 44.7 Å². The highest BCUT2D eigenvalue weighted by atomic mass is 35.5. The first kappa shape index (κ1) is 15.6. The third-order valence-electron chi connectivity index (χ3n) is 3.46. The van der Waals surface area contributed by atoms with Gasteiger partial charge in [-0.3, -0.25) is 9.59 Å². The zero-order chi connectivity index (χ0) is 16.6. The van der Waals surface area contributed by atoms with Gasteiger partial charge in [-0.05, 0) is 36.4 Å². The number of rotatable bonds is 3. The Bertz CT molecular complexity index is 962. The van der Waals surface area contributed by atoms with Crippen LogP contribution in [0.5, 0.6) is 5.75 Å². The maximum absolute atomic E-state index is 12.3. The van der Waals surface area contributed by atoms with Crippen LogP contribution >= 0.6 is 22.9 Å². The normalized spacial score (nSPS) is 10.7. The number of carbonyl (C=O) groups excluding carboxylic acids is 1. The van der Waals surface area contributed by atoms with E-state index in [1.54, 1.807) is 41.9 Å². The lowest BCUT2D eigenvalue weighted by atomic mass is 10.2. The van der Waals surface area contributed by atoms with Crippen LogP contribution < -0.4 is 14.9 Å². The lowest BCUT2D eigenvalue weighted by Gasteiger charge is -2.08. The third kappa shape index (κ3) is 2.95. The van der Waals surface area contributed by atoms with Crippen LogP contribution in [0, 0.1) is 0 Å². The van der Waals surface area contributed by atoms with E-state index in [0.29, 0.717) is 22.0 Å². The van der Waals surface area contributed by atoms with Crippen LogP contribution in [0.25, 0.3) is 10.2 Å². The zero-order valence-corrected chi connectivity index (χ0v) is 14.0. The molecule has 0 unspecified atom stereocenters. The second-order valence-electron chi connectivity index (χ2n) is 4.91. The van der Waals surface area contributed by atoms with Gasteiger partial charge in [-0.15, -0.1) is 0 Å². The molecule has 0 saturated heterocycles. The second kappa shape index (κ2) is 6.06. The largest absolute Gasteiger partial charge is 0.495 e. The van der Waals surface area contributed by atoms with Gasteiger partial charge in [0.1, 0.15) is 5.75 Å². The molecule has 0 saturated carbocycles. The van der Waals surface area contributed by atoms with Crippen molar-refractivity contribution in [2.75, 3.05) is 12.4 Å². The molecule has 0 spiro atoms. The number of halogens is 1. The average molecular weight is 349 g/mol. The number of benzene rings is 2. The predicted octanol–water partition coefficient (Wildman–Crippen LogP) is 3.51. The summed E-state index contributed by atoms with van der Waals surface area (Å²) in [4.78, 5) is 23.9. The number of hydrogen-bond acceptors (Lipinski definition) is 4. The maximum Gasteiger partial charge on any atom is 0.307 e. The molecule has 2 aromatic carbocycles. The Morgan fingerprint density at radius 3 is 2.74 bits per heavy atom. The van der Waals surface area contributed by atoms with Gasteiger partial charge in [0, 0.05) is 18.3 Å². The van der Waals surface area contributed by atoms with Gasteiger partial charge in [0.25, 0.3) is 5.91 Å². The first-order chi connectivity index (χ1) is 11.0. The maximum atomic E-state index is 12.3. The molecule has 118 valence electrons. The monoisotopic (exact) mass is 348 g/mol. The van der Waals surface area contributed by atoms with E-state index in [9.17, 15) is 9.59 Å². The molecule has 23 heavy (non-hydrogen) atoms. The molecule has 5 nitrogen and oxygen atoms in total. The average Bonchev–Trinajstić information content (AvgIpc) is 2.81. The third-order valence-corrected chi connectivity index (χ3v) is 4.75. The standard InChI is InChI=1S/C16H13ClN2O3S/c1-19-12-5-4-10(8-14(12)23-16(19)21)18-15(20)9-3-6-13(22-2)11(17)7-9/h3-8H,1-2H3,(H,18,20). The Morgan fingerprint density at radius 2 is 2.04 bits per heavy atom. The van der Waals surface area contributed by atoms with Crippen LogP contribution in [0.3, 0.4) is 0 Å². The Hall–Kier alpha value is -2.31. The van der Waals surface area contributed by atoms with E-state index in [2.05, 4.69) is 5.32 Å². The minimum absolute atomic E-state index is 0.0367. The number of aryl methyl sites for hydroxylation is 1. The Labute approximate surface area is 141 Å². The van der Waals surface area contributed by atoms with Crippen LogP contribution in [-0.4, -0.2) is 17.6 Å². The fourth-order valence-electron chi connectivity index (χ4n) is 2.22. The number of aromatic nitrogens is 1. The summed E-state index contributed by atoms with van der Waals surface area (Å²) in [6.07, 6.45) is 0. The molecule has 0 aliphatic heterocycles. The summed E-state index contributed by atoms with van der Waals surface area (Å²) in [5.41, 5.74) is 1.89. The number of thiazole rings is 1. The Balaban J connectivity index is 1.87. The molecule has 1 aromatic heterocycles. The molecule has 0 radical (unpaired) electrons. The molecule has 0 bridgehead atoms. The Morgan fingerprint density at radius 1 is 1.26 bits per heavy atom. The van der Waals surface area contributed by atoms with E-state index in [0.717, 1.165) is 21.6 Å². The Kier molecular flexibility index (Phi) is 4.11. The molecule has 0 atom stereocenters. The van der Waals surface area contributed by atoms with E-state index >= 15 is 0 Å². The minimum Gasteiger partial charge on any atom is -0.495 e. The van der Waals surface area contributed by atoms with Crippen molar-refractivity contribution < 1.29 is 9.53 Å². The van der Waals surface area contributed by atoms with Gasteiger partial charge in [0.05, 0.1) is 22.3 Å². The molecule has 0 aliphatic rings. The van der Waals surface area contributed by atoms with Crippen molar-refractivity contribution in [2.24, 2.45) is 7.05 Å². The van der Waals surface area contributed by atoms with Gasteiger partial charge in [-0.2, -0.15) is 0 Å². The van der Waals surface area contributed by atoms with Crippen LogP contribution in [0.1, 0.15) is 10.4 Å². The summed E-state index contributed by atoms with van der Waals surface area (Å²) in [6.45, 7) is 0. The van der Waals surface area contributed by atoms with Crippen LogP contribution in [0.15, 0.2) is 41.2 Å². The van der Waals surface area contributed by atoms with Gasteiger partial charge in [0.2, 0.25) is 0 Å². The summed E-state index contributed by atoms with van der Waals surface area (Å²) in [5, 5.41) is 3.17. The number of hydrogen-bond donors (Lipinski definition) is 1. The van der Waals surface area contributed by atoms with Crippen molar-refractivity contribution in [3.63, 3.8) is 0 Å². The van der Waals surface area contributed by atoms with Gasteiger partial charge in [-0.1, -0.05) is 22.9 Å². The summed E-state index contributed by atoms with van der Waals surface area (Å²) in [5.74, 6) is 0.232. The lowest BCUT2D eigenvalue weighted by Crippen LogP contribution is -2.11. The van der Waals surface area contributed by atoms with Crippen molar-refractivity contribution in [1.82, 2.24) is 4.57 Å². The van der Waals surface area contributed by atoms with Crippen LogP contribution in [0.2, 0.25) is 5.02 Å². The predicted molar refractivity (Wildman–Crippen MR) is 93.0 cm³/mol. The SMILES string of the molecule is COc1ccc(C(=O)Nc2ccc3c(c2)sc(=O)n3C)cc1Cl. The molecule has 0 aliphatic carbocycles.